The standard InChI is InChI=1S/C28H29FN4O3/c1-4-25(32(16-17-36-3)28(35)31-24-15-8-6-13-22(24)29)26-30-23-14-7-5-12-21(23)27(34)33(26)20-11-9-10-19(2)18-20/h5-15,18,25H,4,16-17H2,1-3H3,(H,31,35). The van der Waals surface area contributed by atoms with E-state index in [0.717, 1.165) is 5.56 Å². The van der Waals surface area contributed by atoms with E-state index in [0.29, 0.717) is 28.8 Å². The zero-order valence-electron chi connectivity index (χ0n) is 20.6. The van der Waals surface area contributed by atoms with Gasteiger partial charge in [0.15, 0.2) is 0 Å². The van der Waals surface area contributed by atoms with Crippen molar-refractivity contribution in [2.75, 3.05) is 25.6 Å². The van der Waals surface area contributed by atoms with Gasteiger partial charge in [-0.1, -0.05) is 43.3 Å². The number of hydrogen-bond acceptors (Lipinski definition) is 4. The second-order valence-corrected chi connectivity index (χ2v) is 8.49. The molecule has 4 aromatic rings. The lowest BCUT2D eigenvalue weighted by Crippen LogP contribution is -2.42. The molecule has 1 heterocycles. The Labute approximate surface area is 209 Å². The van der Waals surface area contributed by atoms with E-state index in [1.807, 2.05) is 44.2 Å². The number of para-hydroxylation sites is 2. The molecule has 0 spiro atoms. The van der Waals surface area contributed by atoms with Gasteiger partial charge in [-0.15, -0.1) is 0 Å². The van der Waals surface area contributed by atoms with E-state index in [4.69, 9.17) is 9.72 Å². The molecule has 8 heteroatoms. The van der Waals surface area contributed by atoms with Crippen molar-refractivity contribution >= 4 is 22.6 Å². The first-order chi connectivity index (χ1) is 17.4. The molecule has 0 saturated carbocycles. The van der Waals surface area contributed by atoms with Crippen molar-refractivity contribution in [1.29, 1.82) is 0 Å². The van der Waals surface area contributed by atoms with Crippen LogP contribution in [0, 0.1) is 12.7 Å². The normalized spacial score (nSPS) is 11.9. The SMILES string of the molecule is CCC(c1nc2ccccc2c(=O)n1-c1cccc(C)c1)N(CCOC)C(=O)Nc1ccccc1F. The zero-order chi connectivity index (χ0) is 25.7. The van der Waals surface area contributed by atoms with Crippen LogP contribution < -0.4 is 10.9 Å². The summed E-state index contributed by atoms with van der Waals surface area (Å²) in [5.74, 6) is -0.113. The van der Waals surface area contributed by atoms with Crippen molar-refractivity contribution < 1.29 is 13.9 Å². The fourth-order valence-corrected chi connectivity index (χ4v) is 4.27. The number of nitrogens with zero attached hydrogens (tertiary/aromatic N) is 3. The first kappa shape index (κ1) is 25.1. The van der Waals surface area contributed by atoms with Crippen molar-refractivity contribution in [3.05, 3.63) is 100 Å². The number of nitrogens with one attached hydrogen (secondary N) is 1. The van der Waals surface area contributed by atoms with Crippen molar-refractivity contribution in [3.63, 3.8) is 0 Å². The molecule has 1 aromatic heterocycles. The van der Waals surface area contributed by atoms with Gasteiger partial charge in [0, 0.05) is 13.7 Å². The Balaban J connectivity index is 1.88. The van der Waals surface area contributed by atoms with Gasteiger partial charge in [0.25, 0.3) is 5.56 Å². The quantitative estimate of drug-likeness (QED) is 0.357. The number of carbonyl (C=O) groups is 1. The molecule has 4 rings (SSSR count). The first-order valence-electron chi connectivity index (χ1n) is 11.8. The van der Waals surface area contributed by atoms with E-state index in [9.17, 15) is 14.0 Å². The third-order valence-corrected chi connectivity index (χ3v) is 6.04. The number of anilines is 1. The van der Waals surface area contributed by atoms with Gasteiger partial charge < -0.3 is 15.0 Å². The molecule has 1 unspecified atom stereocenters. The number of carbonyl (C=O) groups excluding carboxylic acids is 1. The smallest absolute Gasteiger partial charge is 0.322 e. The number of rotatable bonds is 8. The summed E-state index contributed by atoms with van der Waals surface area (Å²) in [5, 5.41) is 3.15. The van der Waals surface area contributed by atoms with Gasteiger partial charge in [0.2, 0.25) is 0 Å². The van der Waals surface area contributed by atoms with Gasteiger partial charge in [-0.3, -0.25) is 9.36 Å². The van der Waals surface area contributed by atoms with Crippen LogP contribution in [0.1, 0.15) is 30.8 Å². The molecule has 3 aromatic carbocycles. The van der Waals surface area contributed by atoms with Crippen LogP contribution in [0.2, 0.25) is 0 Å². The van der Waals surface area contributed by atoms with E-state index in [2.05, 4.69) is 5.32 Å². The van der Waals surface area contributed by atoms with Crippen molar-refractivity contribution in [1.82, 2.24) is 14.5 Å². The summed E-state index contributed by atoms with van der Waals surface area (Å²) in [6, 6.07) is 19.6. The Morgan fingerprint density at radius 1 is 1.11 bits per heavy atom. The third kappa shape index (κ3) is 5.13. The molecule has 1 atom stereocenters. The molecule has 0 aliphatic heterocycles. The van der Waals surface area contributed by atoms with Gasteiger partial charge in [-0.05, 0) is 55.3 Å². The molecular formula is C28H29FN4O3. The van der Waals surface area contributed by atoms with Gasteiger partial charge in [-0.25, -0.2) is 14.2 Å². The van der Waals surface area contributed by atoms with E-state index in [-0.39, 0.29) is 24.4 Å². The molecule has 7 nitrogen and oxygen atoms in total. The summed E-state index contributed by atoms with van der Waals surface area (Å²) < 4.78 is 21.1. The largest absolute Gasteiger partial charge is 0.383 e. The van der Waals surface area contributed by atoms with E-state index >= 15 is 0 Å². The van der Waals surface area contributed by atoms with Crippen LogP contribution in [-0.2, 0) is 4.74 Å². The number of halogens is 1. The maximum atomic E-state index is 14.3. The highest BCUT2D eigenvalue weighted by molar-refractivity contribution is 5.89. The average molecular weight is 489 g/mol. The van der Waals surface area contributed by atoms with Crippen LogP contribution in [-0.4, -0.2) is 40.7 Å². The Morgan fingerprint density at radius 2 is 1.86 bits per heavy atom. The maximum absolute atomic E-state index is 14.3. The van der Waals surface area contributed by atoms with Crippen LogP contribution in [0.4, 0.5) is 14.9 Å². The lowest BCUT2D eigenvalue weighted by molar-refractivity contribution is 0.131. The Bertz CT molecular complexity index is 1440. The van der Waals surface area contributed by atoms with Crippen LogP contribution in [0.25, 0.3) is 16.6 Å². The number of benzene rings is 3. The fraction of sp³-hybridized carbons (Fsp3) is 0.250. The predicted octanol–water partition coefficient (Wildman–Crippen LogP) is 5.46. The number of amides is 2. The third-order valence-electron chi connectivity index (χ3n) is 6.04. The fourth-order valence-electron chi connectivity index (χ4n) is 4.27. The molecule has 0 radical (unpaired) electrons. The second kappa shape index (κ2) is 11.1. The van der Waals surface area contributed by atoms with Crippen LogP contribution in [0.3, 0.4) is 0 Å². The van der Waals surface area contributed by atoms with Crippen molar-refractivity contribution in [2.45, 2.75) is 26.3 Å². The lowest BCUT2D eigenvalue weighted by atomic mass is 10.1. The topological polar surface area (TPSA) is 76.5 Å². The summed E-state index contributed by atoms with van der Waals surface area (Å²) >= 11 is 0. The highest BCUT2D eigenvalue weighted by atomic mass is 19.1. The van der Waals surface area contributed by atoms with Crippen molar-refractivity contribution in [3.8, 4) is 5.69 Å². The second-order valence-electron chi connectivity index (χ2n) is 8.49. The Hall–Kier alpha value is -4.04. The monoisotopic (exact) mass is 488 g/mol. The van der Waals surface area contributed by atoms with Crippen LogP contribution >= 0.6 is 0 Å². The molecule has 0 bridgehead atoms. The van der Waals surface area contributed by atoms with Crippen LogP contribution in [0.15, 0.2) is 77.6 Å². The zero-order valence-corrected chi connectivity index (χ0v) is 20.6. The summed E-state index contributed by atoms with van der Waals surface area (Å²) in [4.78, 5) is 33.6. The molecule has 0 aliphatic carbocycles. The summed E-state index contributed by atoms with van der Waals surface area (Å²) in [5.41, 5.74) is 2.04. The van der Waals surface area contributed by atoms with Crippen molar-refractivity contribution in [2.24, 2.45) is 0 Å². The lowest BCUT2D eigenvalue weighted by Gasteiger charge is -2.32. The minimum absolute atomic E-state index is 0.0716. The molecule has 2 amide bonds. The number of methoxy groups -OCH3 is 1. The summed E-state index contributed by atoms with van der Waals surface area (Å²) in [6.45, 7) is 4.34. The van der Waals surface area contributed by atoms with Gasteiger partial charge in [0.1, 0.15) is 11.6 Å². The summed E-state index contributed by atoms with van der Waals surface area (Å²) in [6.07, 6.45) is 0.463. The molecule has 0 saturated heterocycles. The number of ether oxygens (including phenoxy) is 1. The maximum Gasteiger partial charge on any atom is 0.322 e. The van der Waals surface area contributed by atoms with E-state index < -0.39 is 17.9 Å². The van der Waals surface area contributed by atoms with Gasteiger partial charge in [0.05, 0.1) is 34.9 Å². The van der Waals surface area contributed by atoms with Crippen LogP contribution in [0.5, 0.6) is 0 Å². The first-order valence-corrected chi connectivity index (χ1v) is 11.8. The predicted molar refractivity (Wildman–Crippen MR) is 139 cm³/mol. The molecule has 0 fully saturated rings. The molecule has 0 aliphatic rings. The Kier molecular flexibility index (Phi) is 7.75. The average Bonchev–Trinajstić information content (AvgIpc) is 2.88. The van der Waals surface area contributed by atoms with Gasteiger partial charge >= 0.3 is 6.03 Å². The molecule has 186 valence electrons. The molecular weight excluding hydrogens is 459 g/mol. The number of fused-ring (bicyclic) bond motifs is 1. The Morgan fingerprint density at radius 3 is 2.58 bits per heavy atom. The minimum atomic E-state index is -0.593. The number of aryl methyl sites for hydroxylation is 1. The number of hydrogen-bond donors (Lipinski definition) is 1. The number of urea groups is 1. The van der Waals surface area contributed by atoms with E-state index in [1.165, 1.54) is 12.1 Å². The number of aromatic nitrogens is 2. The summed E-state index contributed by atoms with van der Waals surface area (Å²) in [7, 11) is 1.55. The molecule has 36 heavy (non-hydrogen) atoms. The molecule has 1 N–H and O–H groups in total. The highest BCUT2D eigenvalue weighted by Crippen LogP contribution is 2.27. The van der Waals surface area contributed by atoms with E-state index in [1.54, 1.807) is 46.9 Å². The highest BCUT2D eigenvalue weighted by Gasteiger charge is 2.29. The minimum Gasteiger partial charge on any atom is -0.383 e. The van der Waals surface area contributed by atoms with Gasteiger partial charge in [-0.2, -0.15) is 0 Å².